The van der Waals surface area contributed by atoms with E-state index in [2.05, 4.69) is 28.7 Å². The molecule has 23 heavy (non-hydrogen) atoms. The number of likely N-dealkylation sites (N-methyl/N-ethyl adjacent to an activating group) is 1. The van der Waals surface area contributed by atoms with Gasteiger partial charge in [-0.05, 0) is 45.4 Å². The predicted molar refractivity (Wildman–Crippen MR) is 110 cm³/mol. The van der Waals surface area contributed by atoms with Gasteiger partial charge in [-0.25, -0.2) is 0 Å². The van der Waals surface area contributed by atoms with Crippen molar-refractivity contribution in [2.24, 2.45) is 5.92 Å². The Bertz CT molecular complexity index is 193. The molecule has 2 heterocycles. The van der Waals surface area contributed by atoms with Crippen LogP contribution in [-0.2, 0) is 0 Å². The first-order valence-corrected chi connectivity index (χ1v) is 9.91. The predicted octanol–water partition coefficient (Wildman–Crippen LogP) is 4.68. The number of hydrogen-bond acceptors (Lipinski definition) is 3. The van der Waals surface area contributed by atoms with Crippen LogP contribution in [-0.4, -0.2) is 74.1 Å². The topological polar surface area (TPSA) is 9.72 Å². The average molecular weight is 332 g/mol. The van der Waals surface area contributed by atoms with Gasteiger partial charge in [0.05, 0.1) is 0 Å². The van der Waals surface area contributed by atoms with E-state index >= 15 is 0 Å². The summed E-state index contributed by atoms with van der Waals surface area (Å²) in [4.78, 5) is 7.70. The summed E-state index contributed by atoms with van der Waals surface area (Å²) in [6, 6.07) is 0. The van der Waals surface area contributed by atoms with Gasteiger partial charge < -0.3 is 14.7 Å². The van der Waals surface area contributed by atoms with Crippen LogP contribution in [0, 0.1) is 5.92 Å². The van der Waals surface area contributed by atoms with Crippen molar-refractivity contribution in [3.05, 3.63) is 0 Å². The molecule has 2 aliphatic rings. The average Bonchev–Trinajstić information content (AvgIpc) is 2.63. The molecule has 0 spiro atoms. The molecule has 3 heteroatoms. The Morgan fingerprint density at radius 1 is 0.696 bits per heavy atom. The molecule has 0 amide bonds. The normalized spacial score (nSPS) is 19.8. The summed E-state index contributed by atoms with van der Waals surface area (Å²) in [5.74, 6) is 0.964. The van der Waals surface area contributed by atoms with Gasteiger partial charge in [-0.2, -0.15) is 0 Å². The van der Waals surface area contributed by atoms with Crippen LogP contribution >= 0.6 is 0 Å². The molecule has 0 atom stereocenters. The maximum Gasteiger partial charge on any atom is 0.0110 e. The van der Waals surface area contributed by atoms with Gasteiger partial charge in [0, 0.05) is 32.7 Å². The van der Waals surface area contributed by atoms with E-state index in [4.69, 9.17) is 0 Å². The molecular formula is C20H49N3. The van der Waals surface area contributed by atoms with E-state index in [1.807, 2.05) is 41.5 Å². The maximum atomic E-state index is 2.67. The van der Waals surface area contributed by atoms with Crippen molar-refractivity contribution in [1.82, 2.24) is 14.7 Å². The fraction of sp³-hybridized carbons (Fsp3) is 1.00. The van der Waals surface area contributed by atoms with Gasteiger partial charge in [0.25, 0.3) is 0 Å². The van der Waals surface area contributed by atoms with Crippen molar-refractivity contribution in [2.75, 3.05) is 59.4 Å². The van der Waals surface area contributed by atoms with Crippen molar-refractivity contribution in [3.63, 3.8) is 0 Å². The summed E-state index contributed by atoms with van der Waals surface area (Å²) in [5.41, 5.74) is 0. The first-order valence-electron chi connectivity index (χ1n) is 9.91. The van der Waals surface area contributed by atoms with Crippen molar-refractivity contribution in [3.8, 4) is 0 Å². The van der Waals surface area contributed by atoms with Crippen LogP contribution in [0.5, 0.6) is 0 Å². The Labute approximate surface area is 149 Å². The minimum Gasteiger partial charge on any atom is -0.304 e. The third-order valence-electron chi connectivity index (χ3n) is 4.27. The molecule has 2 rings (SSSR count). The molecule has 0 bridgehead atoms. The number of hydrogen-bond donors (Lipinski definition) is 0. The molecule has 0 unspecified atom stereocenters. The van der Waals surface area contributed by atoms with E-state index in [1.54, 1.807) is 0 Å². The van der Waals surface area contributed by atoms with Gasteiger partial charge in [-0.1, -0.05) is 55.9 Å². The van der Waals surface area contributed by atoms with E-state index in [1.165, 1.54) is 65.2 Å². The van der Waals surface area contributed by atoms with Gasteiger partial charge in [-0.3, -0.25) is 0 Å². The Morgan fingerprint density at radius 3 is 1.52 bits per heavy atom. The van der Waals surface area contributed by atoms with Crippen molar-refractivity contribution >= 4 is 0 Å². The number of piperidine rings is 1. The van der Waals surface area contributed by atoms with E-state index in [0.717, 1.165) is 5.92 Å². The summed E-state index contributed by atoms with van der Waals surface area (Å²) in [6.45, 7) is 24.6. The number of rotatable bonds is 3. The van der Waals surface area contributed by atoms with Gasteiger partial charge in [0.1, 0.15) is 0 Å². The van der Waals surface area contributed by atoms with Gasteiger partial charge in [0.15, 0.2) is 0 Å². The second-order valence-corrected chi connectivity index (χ2v) is 5.48. The molecule has 0 radical (unpaired) electrons. The lowest BCUT2D eigenvalue weighted by Gasteiger charge is -2.37. The number of nitrogens with zero attached hydrogens (tertiary/aromatic N) is 3. The van der Waals surface area contributed by atoms with E-state index in [9.17, 15) is 0 Å². The first kappa shape index (κ1) is 27.7. The van der Waals surface area contributed by atoms with Crippen LogP contribution < -0.4 is 0 Å². The lowest BCUT2D eigenvalue weighted by molar-refractivity contribution is 0.107. The molecule has 0 aromatic rings. The fourth-order valence-corrected chi connectivity index (χ4v) is 2.88. The standard InChI is InChI=1S/C13H27N3.3C2H6.CH4/c1-3-15-6-4-13(5-7-15)12-16-10-8-14(2)9-11-16;3*1-2;/h13H,3-12H2,1-2H3;3*1-2H3;1H4. The summed E-state index contributed by atoms with van der Waals surface area (Å²) in [6.07, 6.45) is 2.83. The first-order chi connectivity index (χ1) is 10.8. The highest BCUT2D eigenvalue weighted by Gasteiger charge is 2.22. The minimum absolute atomic E-state index is 0. The SMILES string of the molecule is C.CC.CC.CC.CCN1CCC(CN2CCN(C)CC2)CC1. The molecular weight excluding hydrogens is 282 g/mol. The second kappa shape index (κ2) is 19.9. The molecule has 2 fully saturated rings. The van der Waals surface area contributed by atoms with Crippen LogP contribution in [0.3, 0.4) is 0 Å². The molecule has 0 saturated carbocycles. The maximum absolute atomic E-state index is 2.67. The van der Waals surface area contributed by atoms with Crippen LogP contribution in [0.25, 0.3) is 0 Å². The Balaban J connectivity index is -0.000000514. The van der Waals surface area contributed by atoms with E-state index in [0.29, 0.717) is 0 Å². The highest BCUT2D eigenvalue weighted by molar-refractivity contribution is 4.77. The molecule has 2 aliphatic heterocycles. The van der Waals surface area contributed by atoms with E-state index < -0.39 is 0 Å². The second-order valence-electron chi connectivity index (χ2n) is 5.48. The Morgan fingerprint density at radius 2 is 1.13 bits per heavy atom. The number of likely N-dealkylation sites (tertiary alicyclic amines) is 1. The largest absolute Gasteiger partial charge is 0.304 e. The Hall–Kier alpha value is -0.120. The lowest BCUT2D eigenvalue weighted by Crippen LogP contribution is -2.47. The quantitative estimate of drug-likeness (QED) is 0.743. The molecule has 0 aliphatic carbocycles. The van der Waals surface area contributed by atoms with Crippen molar-refractivity contribution < 1.29 is 0 Å². The zero-order valence-corrected chi connectivity index (χ0v) is 17.0. The minimum atomic E-state index is 0. The molecule has 144 valence electrons. The Kier molecular flexibility index (Phi) is 24.0. The zero-order chi connectivity index (χ0) is 17.4. The molecule has 0 aromatic heterocycles. The third-order valence-corrected chi connectivity index (χ3v) is 4.27. The van der Waals surface area contributed by atoms with E-state index in [-0.39, 0.29) is 7.43 Å². The fourth-order valence-electron chi connectivity index (χ4n) is 2.88. The summed E-state index contributed by atoms with van der Waals surface area (Å²) in [5, 5.41) is 0. The number of piperazine rings is 1. The molecule has 0 aromatic carbocycles. The van der Waals surface area contributed by atoms with Crippen LogP contribution in [0.4, 0.5) is 0 Å². The summed E-state index contributed by atoms with van der Waals surface area (Å²) < 4.78 is 0. The molecule has 2 saturated heterocycles. The monoisotopic (exact) mass is 331 g/mol. The van der Waals surface area contributed by atoms with Crippen LogP contribution in [0.15, 0.2) is 0 Å². The van der Waals surface area contributed by atoms with Gasteiger partial charge in [0.2, 0.25) is 0 Å². The van der Waals surface area contributed by atoms with Gasteiger partial charge >= 0.3 is 0 Å². The van der Waals surface area contributed by atoms with Crippen molar-refractivity contribution in [2.45, 2.75) is 68.7 Å². The van der Waals surface area contributed by atoms with Crippen molar-refractivity contribution in [1.29, 1.82) is 0 Å². The van der Waals surface area contributed by atoms with Gasteiger partial charge in [-0.15, -0.1) is 0 Å². The smallest absolute Gasteiger partial charge is 0.0110 e. The molecule has 3 nitrogen and oxygen atoms in total. The highest BCUT2D eigenvalue weighted by atomic mass is 15.2. The van der Waals surface area contributed by atoms with Crippen LogP contribution in [0.1, 0.15) is 68.7 Å². The summed E-state index contributed by atoms with van der Waals surface area (Å²) in [7, 11) is 2.23. The van der Waals surface area contributed by atoms with Crippen LogP contribution in [0.2, 0.25) is 0 Å². The highest BCUT2D eigenvalue weighted by Crippen LogP contribution is 2.18. The molecule has 0 N–H and O–H groups in total. The summed E-state index contributed by atoms with van der Waals surface area (Å²) >= 11 is 0. The zero-order valence-electron chi connectivity index (χ0n) is 17.0. The third kappa shape index (κ3) is 12.9. The lowest BCUT2D eigenvalue weighted by atomic mass is 9.96.